The molecule has 0 heterocycles. The zero-order chi connectivity index (χ0) is 17.6. The maximum absolute atomic E-state index is 6.73. The van der Waals surface area contributed by atoms with E-state index < -0.39 is 8.32 Å². The number of rotatable bonds is 6. The number of allylic oxidation sites excluding steroid dienone is 2. The van der Waals surface area contributed by atoms with Crippen LogP contribution in [0.3, 0.4) is 0 Å². The first-order valence-electron chi connectivity index (χ1n) is 8.57. The molecule has 1 nitrogen and oxygen atoms in total. The highest BCUT2D eigenvalue weighted by atomic mass is 28.4. The second-order valence-electron chi connectivity index (χ2n) is 7.04. The summed E-state index contributed by atoms with van der Waals surface area (Å²) in [5, 5.41) is 2.52. The Morgan fingerprint density at radius 1 is 0.958 bits per heavy atom. The Hall–Kier alpha value is -2.06. The smallest absolute Gasteiger partial charge is 0.319 e. The molecule has 0 fully saturated rings. The van der Waals surface area contributed by atoms with E-state index in [0.717, 1.165) is 12.2 Å². The van der Waals surface area contributed by atoms with Crippen LogP contribution in [0.2, 0.25) is 5.04 Å². The van der Waals surface area contributed by atoms with E-state index >= 15 is 0 Å². The lowest BCUT2D eigenvalue weighted by atomic mass is 10.2. The third kappa shape index (κ3) is 3.70. The van der Waals surface area contributed by atoms with Crippen LogP contribution in [0.15, 0.2) is 85.2 Å². The maximum Gasteiger partial charge on any atom is 0.319 e. The molecule has 0 radical (unpaired) electrons. The second kappa shape index (κ2) is 7.67. The average molecular weight is 337 g/mol. The van der Waals surface area contributed by atoms with Gasteiger partial charge in [-0.3, -0.25) is 0 Å². The van der Waals surface area contributed by atoms with E-state index in [1.807, 2.05) is 6.08 Å². The number of hydrogen-bond acceptors (Lipinski definition) is 1. The van der Waals surface area contributed by atoms with Crippen molar-refractivity contribution in [3.8, 4) is 0 Å². The average Bonchev–Trinajstić information content (AvgIpc) is 2.58. The van der Waals surface area contributed by atoms with E-state index in [2.05, 4.69) is 101 Å². The molecule has 126 valence electrons. The molecule has 0 saturated carbocycles. The summed E-state index contributed by atoms with van der Waals surface area (Å²) in [5.74, 6) is 0.742. The van der Waals surface area contributed by atoms with Gasteiger partial charge in [0.15, 0.2) is 0 Å². The summed E-state index contributed by atoms with van der Waals surface area (Å²) in [5.41, 5.74) is 0. The van der Waals surface area contributed by atoms with Crippen molar-refractivity contribution in [2.24, 2.45) is 0 Å². The molecule has 2 heteroatoms. The molecule has 0 atom stereocenters. The summed E-state index contributed by atoms with van der Waals surface area (Å²) < 4.78 is 6.73. The van der Waals surface area contributed by atoms with Crippen LogP contribution in [0, 0.1) is 0 Å². The molecule has 0 N–H and O–H groups in total. The summed E-state index contributed by atoms with van der Waals surface area (Å²) in [6.07, 6.45) is 5.07. The zero-order valence-electron chi connectivity index (χ0n) is 15.3. The van der Waals surface area contributed by atoms with Gasteiger partial charge in [0.2, 0.25) is 0 Å². The van der Waals surface area contributed by atoms with Crippen molar-refractivity contribution in [1.82, 2.24) is 0 Å². The number of hydrogen-bond donors (Lipinski definition) is 0. The fraction of sp³-hybridized carbons (Fsp3) is 0.273. The van der Waals surface area contributed by atoms with Crippen molar-refractivity contribution in [2.45, 2.75) is 39.2 Å². The summed E-state index contributed by atoms with van der Waals surface area (Å²) in [7, 11) is -2.51. The lowest BCUT2D eigenvalue weighted by molar-refractivity contribution is 0.415. The molecule has 0 bridgehead atoms. The summed E-state index contributed by atoms with van der Waals surface area (Å²) in [4.78, 5) is 0. The van der Waals surface area contributed by atoms with Gasteiger partial charge in [0.05, 0.1) is 5.76 Å². The Morgan fingerprint density at radius 3 is 1.79 bits per heavy atom. The van der Waals surface area contributed by atoms with Crippen molar-refractivity contribution in [3.63, 3.8) is 0 Å². The van der Waals surface area contributed by atoms with Crippen LogP contribution in [0.4, 0.5) is 0 Å². The Balaban J connectivity index is 2.66. The molecule has 0 spiro atoms. The normalized spacial score (nSPS) is 12.3. The van der Waals surface area contributed by atoms with E-state index in [1.165, 1.54) is 10.4 Å². The van der Waals surface area contributed by atoms with Crippen LogP contribution in [-0.4, -0.2) is 8.32 Å². The largest absolute Gasteiger partial charge is 0.534 e. The molecule has 24 heavy (non-hydrogen) atoms. The summed E-state index contributed by atoms with van der Waals surface area (Å²) in [6, 6.07) is 21.3. The molecular formula is C22H28OSi. The van der Waals surface area contributed by atoms with Gasteiger partial charge in [-0.25, -0.2) is 0 Å². The van der Waals surface area contributed by atoms with E-state index in [9.17, 15) is 0 Å². The molecule has 0 amide bonds. The van der Waals surface area contributed by atoms with Gasteiger partial charge in [-0.05, 0) is 27.9 Å². The lowest BCUT2D eigenvalue weighted by Gasteiger charge is -2.43. The minimum Gasteiger partial charge on any atom is -0.534 e. The van der Waals surface area contributed by atoms with E-state index in [0.29, 0.717) is 0 Å². The first kappa shape index (κ1) is 18.3. The molecule has 2 aromatic carbocycles. The van der Waals surface area contributed by atoms with Gasteiger partial charge in [-0.15, -0.1) is 0 Å². The van der Waals surface area contributed by atoms with Crippen LogP contribution in [0.5, 0.6) is 0 Å². The van der Waals surface area contributed by atoms with Crippen LogP contribution >= 0.6 is 0 Å². The highest BCUT2D eigenvalue weighted by Gasteiger charge is 2.52. The molecule has 0 unspecified atom stereocenters. The highest BCUT2D eigenvalue weighted by Crippen LogP contribution is 2.37. The molecule has 0 aliphatic rings. The van der Waals surface area contributed by atoms with Gasteiger partial charge in [-0.2, -0.15) is 0 Å². The van der Waals surface area contributed by atoms with Crippen LogP contribution in [-0.2, 0) is 4.43 Å². The molecule has 2 aromatic rings. The monoisotopic (exact) mass is 336 g/mol. The molecular weight excluding hydrogens is 308 g/mol. The fourth-order valence-electron chi connectivity index (χ4n) is 3.13. The second-order valence-corrected chi connectivity index (χ2v) is 11.3. The van der Waals surface area contributed by atoms with Crippen LogP contribution in [0.25, 0.3) is 0 Å². The van der Waals surface area contributed by atoms with E-state index in [-0.39, 0.29) is 5.04 Å². The van der Waals surface area contributed by atoms with Crippen molar-refractivity contribution >= 4 is 18.7 Å². The predicted octanol–water partition coefficient (Wildman–Crippen LogP) is 5.04. The minimum atomic E-state index is -2.51. The SMILES string of the molecule is C=C(/C=C\CC)O[Si](c1ccccc1)(c1ccccc1)C(C)(C)C. The maximum atomic E-state index is 6.73. The van der Waals surface area contributed by atoms with Crippen molar-refractivity contribution in [3.05, 3.63) is 85.2 Å². The van der Waals surface area contributed by atoms with Crippen molar-refractivity contribution in [2.75, 3.05) is 0 Å². The van der Waals surface area contributed by atoms with Gasteiger partial charge in [0, 0.05) is 0 Å². The minimum absolute atomic E-state index is 0.0291. The Labute approximate surface area is 147 Å². The molecule has 0 aromatic heterocycles. The van der Waals surface area contributed by atoms with E-state index in [1.54, 1.807) is 0 Å². The molecule has 0 aliphatic carbocycles. The Kier molecular flexibility index (Phi) is 5.84. The Bertz CT molecular complexity index is 641. The number of benzene rings is 2. The summed E-state index contributed by atoms with van der Waals surface area (Å²) >= 11 is 0. The molecule has 0 aliphatic heterocycles. The fourth-order valence-corrected chi connectivity index (χ4v) is 7.52. The van der Waals surface area contributed by atoms with Gasteiger partial charge < -0.3 is 4.43 Å². The third-order valence-electron chi connectivity index (χ3n) is 4.24. The highest BCUT2D eigenvalue weighted by molar-refractivity contribution is 6.99. The van der Waals surface area contributed by atoms with E-state index in [4.69, 9.17) is 4.43 Å². The zero-order valence-corrected chi connectivity index (χ0v) is 16.3. The Morgan fingerprint density at radius 2 is 1.42 bits per heavy atom. The topological polar surface area (TPSA) is 9.23 Å². The van der Waals surface area contributed by atoms with Gasteiger partial charge in [-0.1, -0.05) is 101 Å². The summed E-state index contributed by atoms with van der Waals surface area (Å²) in [6.45, 7) is 13.1. The van der Waals surface area contributed by atoms with Gasteiger partial charge >= 0.3 is 8.32 Å². The standard InChI is InChI=1S/C22H28OSi/c1-6-7-14-19(2)23-24(22(3,4)5,20-15-10-8-11-16-20)21-17-12-9-13-18-21/h7-18H,2,6H2,1,3-5H3/b14-7-. The van der Waals surface area contributed by atoms with Gasteiger partial charge in [0.25, 0.3) is 0 Å². The molecule has 0 saturated heterocycles. The molecule has 2 rings (SSSR count). The predicted molar refractivity (Wildman–Crippen MR) is 107 cm³/mol. The lowest BCUT2D eigenvalue weighted by Crippen LogP contribution is -2.66. The van der Waals surface area contributed by atoms with Gasteiger partial charge in [0.1, 0.15) is 0 Å². The van der Waals surface area contributed by atoms with Crippen molar-refractivity contribution in [1.29, 1.82) is 0 Å². The van der Waals surface area contributed by atoms with Crippen LogP contribution in [0.1, 0.15) is 34.1 Å². The first-order chi connectivity index (χ1) is 11.4. The van der Waals surface area contributed by atoms with Crippen LogP contribution < -0.4 is 10.4 Å². The first-order valence-corrected chi connectivity index (χ1v) is 10.5. The van der Waals surface area contributed by atoms with Crippen molar-refractivity contribution < 1.29 is 4.43 Å². The third-order valence-corrected chi connectivity index (χ3v) is 9.21. The quantitative estimate of drug-likeness (QED) is 0.408.